The highest BCUT2D eigenvalue weighted by Gasteiger charge is 2.39. The molecule has 0 aliphatic carbocycles. The van der Waals surface area contributed by atoms with Crippen molar-refractivity contribution in [3.05, 3.63) is 88.6 Å². The van der Waals surface area contributed by atoms with Gasteiger partial charge in [-0.2, -0.15) is 13.2 Å². The maximum atomic E-state index is 13.0. The van der Waals surface area contributed by atoms with Crippen LogP contribution in [0.5, 0.6) is 0 Å². The number of carbonyl (C=O) groups is 2. The lowest BCUT2D eigenvalue weighted by molar-refractivity contribution is -0.174. The van der Waals surface area contributed by atoms with Gasteiger partial charge >= 0.3 is 12.1 Å². The predicted octanol–water partition coefficient (Wildman–Crippen LogP) is 5.86. The lowest BCUT2D eigenvalue weighted by Crippen LogP contribution is -2.38. The summed E-state index contributed by atoms with van der Waals surface area (Å²) in [7, 11) is 0. The van der Waals surface area contributed by atoms with E-state index in [0.29, 0.717) is 26.7 Å². The molecule has 0 aliphatic heterocycles. The number of nitrogens with one attached hydrogen (secondary N) is 1. The van der Waals surface area contributed by atoms with Gasteiger partial charge in [0.25, 0.3) is 0 Å². The van der Waals surface area contributed by atoms with Crippen LogP contribution in [0.25, 0.3) is 0 Å². The fraction of sp³-hybridized carbons (Fsp3) is 0.136. The number of alkyl halides is 3. The van der Waals surface area contributed by atoms with Gasteiger partial charge in [0.15, 0.2) is 5.78 Å². The Kier molecular flexibility index (Phi) is 7.02. The highest BCUT2D eigenvalue weighted by molar-refractivity contribution is 7.99. The molecule has 4 nitrogen and oxygen atoms in total. The second-order valence-electron chi connectivity index (χ2n) is 6.56. The first-order chi connectivity index (χ1) is 14.6. The number of amides is 1. The van der Waals surface area contributed by atoms with Crippen LogP contribution in [0.3, 0.4) is 0 Å². The van der Waals surface area contributed by atoms with Gasteiger partial charge < -0.3 is 5.32 Å². The Hall–Kier alpha value is -2.84. The van der Waals surface area contributed by atoms with Crippen LogP contribution in [0.1, 0.15) is 34.5 Å². The van der Waals surface area contributed by atoms with E-state index in [2.05, 4.69) is 4.98 Å². The molecule has 1 atom stereocenters. The smallest absolute Gasteiger partial charge is 0.342 e. The summed E-state index contributed by atoms with van der Waals surface area (Å²) in [5, 5.41) is 3.00. The third-order valence-electron chi connectivity index (χ3n) is 4.32. The van der Waals surface area contributed by atoms with Gasteiger partial charge in [-0.05, 0) is 48.9 Å². The van der Waals surface area contributed by atoms with Crippen molar-refractivity contribution in [3.8, 4) is 0 Å². The molecular weight excluding hydrogens is 449 g/mol. The fourth-order valence-corrected chi connectivity index (χ4v) is 3.71. The Morgan fingerprint density at radius 2 is 1.68 bits per heavy atom. The third-order valence-corrected chi connectivity index (χ3v) is 5.60. The molecule has 1 unspecified atom stereocenters. The van der Waals surface area contributed by atoms with Crippen molar-refractivity contribution in [2.45, 2.75) is 29.1 Å². The lowest BCUT2D eigenvalue weighted by Gasteiger charge is -2.16. The first kappa shape index (κ1) is 22.8. The quantitative estimate of drug-likeness (QED) is 0.464. The Balaban J connectivity index is 1.78. The van der Waals surface area contributed by atoms with Gasteiger partial charge in [0, 0.05) is 21.7 Å². The van der Waals surface area contributed by atoms with Gasteiger partial charge in [0.1, 0.15) is 5.03 Å². The zero-order chi connectivity index (χ0) is 22.6. The van der Waals surface area contributed by atoms with Crippen LogP contribution in [-0.4, -0.2) is 22.9 Å². The monoisotopic (exact) mass is 464 g/mol. The highest BCUT2D eigenvalue weighted by Crippen LogP contribution is 2.31. The number of rotatable bonds is 6. The molecule has 0 fully saturated rings. The van der Waals surface area contributed by atoms with Gasteiger partial charge in [-0.3, -0.25) is 9.59 Å². The van der Waals surface area contributed by atoms with Crippen molar-refractivity contribution in [3.63, 3.8) is 0 Å². The number of halogens is 4. The molecule has 1 amide bonds. The summed E-state index contributed by atoms with van der Waals surface area (Å²) in [5.74, 6) is -2.29. The number of hydrogen-bond acceptors (Lipinski definition) is 4. The summed E-state index contributed by atoms with van der Waals surface area (Å²) in [6, 6.07) is 15.6. The molecule has 0 saturated heterocycles. The third kappa shape index (κ3) is 5.86. The molecule has 0 spiro atoms. The molecule has 31 heavy (non-hydrogen) atoms. The molecule has 3 rings (SSSR count). The molecule has 1 heterocycles. The molecule has 0 aliphatic rings. The molecular formula is C22H16ClF3N2O2S. The van der Waals surface area contributed by atoms with E-state index in [1.807, 2.05) is 17.4 Å². The van der Waals surface area contributed by atoms with E-state index in [1.54, 1.807) is 30.5 Å². The van der Waals surface area contributed by atoms with Crippen molar-refractivity contribution in [1.29, 1.82) is 0 Å². The van der Waals surface area contributed by atoms with E-state index < -0.39 is 18.1 Å². The molecule has 0 bridgehead atoms. The average molecular weight is 465 g/mol. The zero-order valence-electron chi connectivity index (χ0n) is 16.1. The molecule has 0 radical (unpaired) electrons. The van der Waals surface area contributed by atoms with Gasteiger partial charge in [-0.25, -0.2) is 4.98 Å². The Labute approximate surface area is 185 Å². The number of pyridine rings is 1. The molecule has 1 N–H and O–H groups in total. The van der Waals surface area contributed by atoms with Gasteiger partial charge in [0.2, 0.25) is 0 Å². The second kappa shape index (κ2) is 9.53. The van der Waals surface area contributed by atoms with E-state index in [4.69, 9.17) is 11.6 Å². The summed E-state index contributed by atoms with van der Waals surface area (Å²) >= 11 is 7.22. The Morgan fingerprint density at radius 3 is 2.29 bits per heavy atom. The number of carbonyl (C=O) groups excluding carboxylic acids is 2. The van der Waals surface area contributed by atoms with Crippen molar-refractivity contribution in [1.82, 2.24) is 10.3 Å². The Morgan fingerprint density at radius 1 is 1.03 bits per heavy atom. The van der Waals surface area contributed by atoms with Crippen LogP contribution in [0.2, 0.25) is 5.02 Å². The van der Waals surface area contributed by atoms with Crippen LogP contribution in [0.4, 0.5) is 13.2 Å². The van der Waals surface area contributed by atoms with E-state index in [0.717, 1.165) is 4.90 Å². The van der Waals surface area contributed by atoms with E-state index >= 15 is 0 Å². The minimum atomic E-state index is -4.96. The molecule has 1 aromatic heterocycles. The van der Waals surface area contributed by atoms with E-state index in [-0.39, 0.29) is 5.78 Å². The number of aromatic nitrogens is 1. The van der Waals surface area contributed by atoms with Gasteiger partial charge in [-0.15, -0.1) is 0 Å². The molecule has 0 saturated carbocycles. The molecule has 3 aromatic rings. The van der Waals surface area contributed by atoms with Gasteiger partial charge in [0.05, 0.1) is 11.6 Å². The number of hydrogen-bond donors (Lipinski definition) is 1. The minimum absolute atomic E-state index is 0.275. The summed E-state index contributed by atoms with van der Waals surface area (Å²) in [6.45, 7) is 1.43. The zero-order valence-corrected chi connectivity index (χ0v) is 17.7. The van der Waals surface area contributed by atoms with Crippen molar-refractivity contribution in [2.24, 2.45) is 0 Å². The van der Waals surface area contributed by atoms with Crippen LogP contribution in [0, 0.1) is 0 Å². The first-order valence-corrected chi connectivity index (χ1v) is 10.3. The summed E-state index contributed by atoms with van der Waals surface area (Å²) in [6.07, 6.45) is -3.37. The molecule has 2 aromatic carbocycles. The second-order valence-corrected chi connectivity index (χ2v) is 8.05. The predicted molar refractivity (Wildman–Crippen MR) is 112 cm³/mol. The van der Waals surface area contributed by atoms with Crippen LogP contribution in [0.15, 0.2) is 76.8 Å². The summed E-state index contributed by atoms with van der Waals surface area (Å²) < 4.78 is 37.3. The maximum absolute atomic E-state index is 13.0. The lowest BCUT2D eigenvalue weighted by atomic mass is 10.0. The standard InChI is InChI=1S/C22H16ClF3N2O2S/c1-13(28-21(30)22(24,25)26)14-4-6-15(7-5-14)19(29)18-3-2-12-27-20(18)31-17-10-8-16(23)9-11-17/h2-13H,1H3,(H,28,30). The number of ketones is 1. The van der Waals surface area contributed by atoms with Crippen molar-refractivity contribution in [2.75, 3.05) is 0 Å². The summed E-state index contributed by atoms with van der Waals surface area (Å²) in [4.78, 5) is 29.3. The van der Waals surface area contributed by atoms with Crippen LogP contribution >= 0.6 is 23.4 Å². The van der Waals surface area contributed by atoms with Crippen molar-refractivity contribution < 1.29 is 22.8 Å². The topological polar surface area (TPSA) is 59.1 Å². The maximum Gasteiger partial charge on any atom is 0.471 e. The van der Waals surface area contributed by atoms with Crippen LogP contribution in [-0.2, 0) is 4.79 Å². The minimum Gasteiger partial charge on any atom is -0.342 e. The SMILES string of the molecule is CC(NC(=O)C(F)(F)F)c1ccc(C(=O)c2cccnc2Sc2ccc(Cl)cc2)cc1. The summed E-state index contributed by atoms with van der Waals surface area (Å²) in [5.41, 5.74) is 1.19. The Bertz CT molecular complexity index is 1090. The van der Waals surface area contributed by atoms with Crippen molar-refractivity contribution >= 4 is 35.1 Å². The highest BCUT2D eigenvalue weighted by atomic mass is 35.5. The normalized spacial score (nSPS) is 12.3. The van der Waals surface area contributed by atoms with Gasteiger partial charge in [-0.1, -0.05) is 47.6 Å². The number of benzene rings is 2. The van der Waals surface area contributed by atoms with E-state index in [9.17, 15) is 22.8 Å². The van der Waals surface area contributed by atoms with Crippen LogP contribution < -0.4 is 5.32 Å². The largest absolute Gasteiger partial charge is 0.471 e. The van der Waals surface area contributed by atoms with E-state index in [1.165, 1.54) is 43.0 Å². The number of nitrogens with zero attached hydrogens (tertiary/aromatic N) is 1. The fourth-order valence-electron chi connectivity index (χ4n) is 2.70. The average Bonchev–Trinajstić information content (AvgIpc) is 2.74. The molecule has 160 valence electrons. The first-order valence-electron chi connectivity index (χ1n) is 9.06. The molecule has 9 heteroatoms.